The van der Waals surface area contributed by atoms with Gasteiger partial charge in [0.15, 0.2) is 0 Å². The van der Waals surface area contributed by atoms with E-state index in [0.29, 0.717) is 23.5 Å². The van der Waals surface area contributed by atoms with Crippen LogP contribution in [0.4, 0.5) is 10.1 Å². The van der Waals surface area contributed by atoms with Crippen molar-refractivity contribution in [3.8, 4) is 0 Å². The van der Waals surface area contributed by atoms with E-state index in [0.717, 1.165) is 0 Å². The van der Waals surface area contributed by atoms with Crippen LogP contribution in [0.1, 0.15) is 37.5 Å². The van der Waals surface area contributed by atoms with Gasteiger partial charge in [-0.3, -0.25) is 4.79 Å². The fourth-order valence-electron chi connectivity index (χ4n) is 2.10. The number of anilines is 1. The lowest BCUT2D eigenvalue weighted by atomic mass is 9.97. The molecule has 0 aliphatic carbocycles. The van der Waals surface area contributed by atoms with Gasteiger partial charge in [0.1, 0.15) is 5.82 Å². The second-order valence-corrected chi connectivity index (χ2v) is 4.91. The van der Waals surface area contributed by atoms with Gasteiger partial charge in [-0.25, -0.2) is 4.39 Å². The SMILES string of the molecule is CC(C)CC(O)c1cc(F)c2c(c1)CC(=O)N2. The van der Waals surface area contributed by atoms with Crippen LogP contribution < -0.4 is 5.32 Å². The predicted molar refractivity (Wildman–Crippen MR) is 63.1 cm³/mol. The molecule has 0 saturated heterocycles. The first-order chi connectivity index (χ1) is 7.97. The number of benzene rings is 1. The Balaban J connectivity index is 2.30. The molecule has 1 aromatic carbocycles. The molecule has 0 aromatic heterocycles. The van der Waals surface area contributed by atoms with Crippen molar-refractivity contribution in [2.45, 2.75) is 32.8 Å². The number of fused-ring (bicyclic) bond motifs is 1. The summed E-state index contributed by atoms with van der Waals surface area (Å²) in [7, 11) is 0. The van der Waals surface area contributed by atoms with E-state index < -0.39 is 11.9 Å². The van der Waals surface area contributed by atoms with Gasteiger partial charge in [0, 0.05) is 0 Å². The molecule has 1 aliphatic heterocycles. The smallest absolute Gasteiger partial charge is 0.228 e. The van der Waals surface area contributed by atoms with E-state index in [-0.39, 0.29) is 18.0 Å². The molecular weight excluding hydrogens is 221 g/mol. The van der Waals surface area contributed by atoms with E-state index in [1.165, 1.54) is 6.07 Å². The normalized spacial score (nSPS) is 15.9. The van der Waals surface area contributed by atoms with E-state index in [9.17, 15) is 14.3 Å². The van der Waals surface area contributed by atoms with Gasteiger partial charge in [0.2, 0.25) is 5.91 Å². The number of hydrogen-bond acceptors (Lipinski definition) is 2. The molecule has 0 radical (unpaired) electrons. The summed E-state index contributed by atoms with van der Waals surface area (Å²) in [5, 5.41) is 12.4. The second kappa shape index (κ2) is 4.45. The summed E-state index contributed by atoms with van der Waals surface area (Å²) in [6, 6.07) is 3.01. The van der Waals surface area contributed by atoms with Crippen molar-refractivity contribution < 1.29 is 14.3 Å². The molecule has 1 aliphatic rings. The highest BCUT2D eigenvalue weighted by atomic mass is 19.1. The van der Waals surface area contributed by atoms with E-state index in [2.05, 4.69) is 5.32 Å². The Morgan fingerprint density at radius 2 is 2.18 bits per heavy atom. The topological polar surface area (TPSA) is 49.3 Å². The first-order valence-corrected chi connectivity index (χ1v) is 5.77. The van der Waals surface area contributed by atoms with Gasteiger partial charge >= 0.3 is 0 Å². The summed E-state index contributed by atoms with van der Waals surface area (Å²) < 4.78 is 13.7. The number of aliphatic hydroxyl groups is 1. The molecule has 1 amide bonds. The minimum absolute atomic E-state index is 0.189. The van der Waals surface area contributed by atoms with Crippen LogP contribution in [0.2, 0.25) is 0 Å². The molecule has 3 nitrogen and oxygen atoms in total. The molecule has 92 valence electrons. The Kier molecular flexibility index (Phi) is 3.15. The van der Waals surface area contributed by atoms with Crippen molar-refractivity contribution in [1.29, 1.82) is 0 Å². The summed E-state index contributed by atoms with van der Waals surface area (Å²) in [4.78, 5) is 11.2. The van der Waals surface area contributed by atoms with Crippen LogP contribution in [0.5, 0.6) is 0 Å². The predicted octanol–water partition coefficient (Wildman–Crippen LogP) is 2.40. The maximum Gasteiger partial charge on any atom is 0.228 e. The third-order valence-corrected chi connectivity index (χ3v) is 2.89. The molecule has 0 spiro atoms. The Morgan fingerprint density at radius 1 is 1.47 bits per heavy atom. The van der Waals surface area contributed by atoms with Gasteiger partial charge in [-0.05, 0) is 29.5 Å². The van der Waals surface area contributed by atoms with E-state index >= 15 is 0 Å². The summed E-state index contributed by atoms with van der Waals surface area (Å²) >= 11 is 0. The fourth-order valence-corrected chi connectivity index (χ4v) is 2.10. The summed E-state index contributed by atoms with van der Waals surface area (Å²) in [6.45, 7) is 4.00. The van der Waals surface area contributed by atoms with Crippen molar-refractivity contribution in [2.24, 2.45) is 5.92 Å². The van der Waals surface area contributed by atoms with Crippen LogP contribution >= 0.6 is 0 Å². The zero-order valence-electron chi connectivity index (χ0n) is 9.96. The first-order valence-electron chi connectivity index (χ1n) is 5.77. The Hall–Kier alpha value is -1.42. The van der Waals surface area contributed by atoms with Gasteiger partial charge in [-0.2, -0.15) is 0 Å². The van der Waals surface area contributed by atoms with Crippen LogP contribution in [-0.2, 0) is 11.2 Å². The van der Waals surface area contributed by atoms with Gasteiger partial charge in [-0.15, -0.1) is 0 Å². The van der Waals surface area contributed by atoms with Gasteiger partial charge in [-0.1, -0.05) is 19.9 Å². The molecule has 2 N–H and O–H groups in total. The third kappa shape index (κ3) is 2.47. The lowest BCUT2D eigenvalue weighted by Crippen LogP contribution is -2.04. The van der Waals surface area contributed by atoms with Gasteiger partial charge in [0.25, 0.3) is 0 Å². The Morgan fingerprint density at radius 3 is 2.82 bits per heavy atom. The van der Waals surface area contributed by atoms with Crippen LogP contribution in [0.3, 0.4) is 0 Å². The zero-order valence-corrected chi connectivity index (χ0v) is 9.96. The molecule has 0 bridgehead atoms. The quantitative estimate of drug-likeness (QED) is 0.848. The lowest BCUT2D eigenvalue weighted by Gasteiger charge is -2.14. The molecule has 0 saturated carbocycles. The molecule has 1 heterocycles. The highest BCUT2D eigenvalue weighted by Crippen LogP contribution is 2.31. The van der Waals surface area contributed by atoms with E-state index in [1.807, 2.05) is 13.8 Å². The Bertz CT molecular complexity index is 457. The van der Waals surface area contributed by atoms with Crippen LogP contribution in [0.15, 0.2) is 12.1 Å². The van der Waals surface area contributed by atoms with Crippen LogP contribution in [0.25, 0.3) is 0 Å². The zero-order chi connectivity index (χ0) is 12.6. The summed E-state index contributed by atoms with van der Waals surface area (Å²) in [5.74, 6) is -0.332. The molecule has 1 unspecified atom stereocenters. The lowest BCUT2D eigenvalue weighted by molar-refractivity contribution is -0.115. The van der Waals surface area contributed by atoms with Crippen LogP contribution in [-0.4, -0.2) is 11.0 Å². The molecule has 17 heavy (non-hydrogen) atoms. The minimum atomic E-state index is -0.675. The summed E-state index contributed by atoms with van der Waals surface area (Å²) in [6.07, 6.45) is 0.0965. The van der Waals surface area contributed by atoms with Crippen molar-refractivity contribution in [3.05, 3.63) is 29.1 Å². The first kappa shape index (κ1) is 12.0. The van der Waals surface area contributed by atoms with Crippen molar-refractivity contribution in [2.75, 3.05) is 5.32 Å². The Labute approximate surface area is 99.7 Å². The summed E-state index contributed by atoms with van der Waals surface area (Å²) in [5.41, 5.74) is 1.44. The molecule has 1 aromatic rings. The standard InChI is InChI=1S/C13H16FNO2/c1-7(2)3-11(16)8-4-9-6-12(17)15-13(9)10(14)5-8/h4-5,7,11,16H,3,6H2,1-2H3,(H,15,17). The van der Waals surface area contributed by atoms with Crippen molar-refractivity contribution in [3.63, 3.8) is 0 Å². The number of carbonyl (C=O) groups is 1. The average molecular weight is 237 g/mol. The van der Waals surface area contributed by atoms with E-state index in [1.54, 1.807) is 6.07 Å². The molecule has 2 rings (SSSR count). The largest absolute Gasteiger partial charge is 0.388 e. The number of hydrogen-bond donors (Lipinski definition) is 2. The molecule has 0 fully saturated rings. The average Bonchev–Trinajstić information content (AvgIpc) is 2.58. The third-order valence-electron chi connectivity index (χ3n) is 2.89. The van der Waals surface area contributed by atoms with E-state index in [4.69, 9.17) is 0 Å². The van der Waals surface area contributed by atoms with Crippen LogP contribution in [0, 0.1) is 11.7 Å². The minimum Gasteiger partial charge on any atom is -0.388 e. The number of nitrogens with one attached hydrogen (secondary N) is 1. The van der Waals surface area contributed by atoms with Gasteiger partial charge in [0.05, 0.1) is 18.2 Å². The van der Waals surface area contributed by atoms with Crippen molar-refractivity contribution in [1.82, 2.24) is 0 Å². The number of aliphatic hydroxyl groups excluding tert-OH is 1. The number of carbonyl (C=O) groups excluding carboxylic acids is 1. The highest BCUT2D eigenvalue weighted by Gasteiger charge is 2.23. The maximum atomic E-state index is 13.7. The fraction of sp³-hybridized carbons (Fsp3) is 0.462. The molecule has 1 atom stereocenters. The van der Waals surface area contributed by atoms with Crippen molar-refractivity contribution >= 4 is 11.6 Å². The highest BCUT2D eigenvalue weighted by molar-refractivity contribution is 5.99. The number of amides is 1. The van der Waals surface area contributed by atoms with Gasteiger partial charge < -0.3 is 10.4 Å². The second-order valence-electron chi connectivity index (χ2n) is 4.91. The monoisotopic (exact) mass is 237 g/mol. The number of halogens is 1. The molecular formula is C13H16FNO2. The number of rotatable bonds is 3. The maximum absolute atomic E-state index is 13.7. The molecule has 4 heteroatoms.